The van der Waals surface area contributed by atoms with E-state index in [1.807, 2.05) is 0 Å². The number of carboxylic acids is 1. The normalized spacial score (nSPS) is 12.7. The fraction of sp³-hybridized carbons (Fsp3) is 0.167. The topological polar surface area (TPSA) is 93.8 Å². The van der Waals surface area contributed by atoms with Gasteiger partial charge in [-0.1, -0.05) is 0 Å². The summed E-state index contributed by atoms with van der Waals surface area (Å²) < 4.78 is 12.4. The summed E-state index contributed by atoms with van der Waals surface area (Å²) in [5.41, 5.74) is 0.645. The third kappa shape index (κ3) is 1.80. The van der Waals surface area contributed by atoms with Gasteiger partial charge in [-0.25, -0.2) is 4.79 Å². The average Bonchev–Trinajstić information content (AvgIpc) is 2.98. The smallest absolute Gasteiger partial charge is 0.356 e. The van der Waals surface area contributed by atoms with Crippen LogP contribution in [-0.4, -0.2) is 32.8 Å². The molecular formula is C12H9BrN2O5. The van der Waals surface area contributed by atoms with E-state index in [9.17, 15) is 9.90 Å². The van der Waals surface area contributed by atoms with Crippen molar-refractivity contribution in [2.75, 3.05) is 6.79 Å². The number of aromatic carboxylic acids is 1. The fourth-order valence-electron chi connectivity index (χ4n) is 2.04. The first kappa shape index (κ1) is 12.8. The van der Waals surface area contributed by atoms with Gasteiger partial charge in [0.1, 0.15) is 5.75 Å². The number of rotatable bonds is 2. The molecule has 1 aliphatic rings. The van der Waals surface area contributed by atoms with Crippen molar-refractivity contribution in [2.45, 2.75) is 0 Å². The number of aryl methyl sites for hydroxylation is 1. The number of aromatic hydroxyl groups is 1. The van der Waals surface area contributed by atoms with Crippen molar-refractivity contribution in [3.63, 3.8) is 0 Å². The molecule has 1 aliphatic heterocycles. The number of aromatic nitrogens is 2. The summed E-state index contributed by atoms with van der Waals surface area (Å²) in [6.45, 7) is 0.0435. The Morgan fingerprint density at radius 3 is 2.85 bits per heavy atom. The van der Waals surface area contributed by atoms with Crippen LogP contribution in [0.4, 0.5) is 0 Å². The Hall–Kier alpha value is -2.22. The predicted octanol–water partition coefficient (Wildman–Crippen LogP) is 1.98. The lowest BCUT2D eigenvalue weighted by molar-refractivity contribution is 0.0689. The van der Waals surface area contributed by atoms with Crippen molar-refractivity contribution in [3.05, 3.63) is 22.3 Å². The van der Waals surface area contributed by atoms with Gasteiger partial charge in [0.2, 0.25) is 6.79 Å². The molecule has 20 heavy (non-hydrogen) atoms. The third-order valence-corrected chi connectivity index (χ3v) is 3.55. The molecule has 0 atom stereocenters. The largest absolute Gasteiger partial charge is 0.506 e. The van der Waals surface area contributed by atoms with Crippen molar-refractivity contribution in [3.8, 4) is 28.5 Å². The molecule has 0 unspecified atom stereocenters. The Balaban J connectivity index is 2.27. The van der Waals surface area contributed by atoms with E-state index in [1.54, 1.807) is 13.1 Å². The second-order valence-electron chi connectivity index (χ2n) is 4.16. The molecule has 3 rings (SSSR count). The van der Waals surface area contributed by atoms with Crippen LogP contribution in [0.1, 0.15) is 10.5 Å². The summed E-state index contributed by atoms with van der Waals surface area (Å²) in [5.74, 6) is -0.363. The van der Waals surface area contributed by atoms with Gasteiger partial charge in [0.05, 0.1) is 15.7 Å². The molecule has 0 fully saturated rings. The van der Waals surface area contributed by atoms with Crippen molar-refractivity contribution in [1.82, 2.24) is 9.78 Å². The molecular weight excluding hydrogens is 332 g/mol. The zero-order valence-electron chi connectivity index (χ0n) is 10.3. The fourth-order valence-corrected chi connectivity index (χ4v) is 2.45. The molecule has 104 valence electrons. The summed E-state index contributed by atoms with van der Waals surface area (Å²) in [4.78, 5) is 11.0. The van der Waals surface area contributed by atoms with E-state index in [2.05, 4.69) is 21.0 Å². The highest BCUT2D eigenvalue weighted by Crippen LogP contribution is 2.50. The monoisotopic (exact) mass is 340 g/mol. The Bertz CT molecular complexity index is 725. The molecule has 1 aromatic heterocycles. The molecule has 0 radical (unpaired) electrons. The van der Waals surface area contributed by atoms with Crippen LogP contribution in [0, 0.1) is 0 Å². The minimum atomic E-state index is -1.14. The minimum absolute atomic E-state index is 0.0435. The maximum Gasteiger partial charge on any atom is 0.356 e. The molecule has 0 bridgehead atoms. The molecule has 7 nitrogen and oxygen atoms in total. The lowest BCUT2D eigenvalue weighted by Gasteiger charge is -2.10. The lowest BCUT2D eigenvalue weighted by atomic mass is 10.1. The highest BCUT2D eigenvalue weighted by atomic mass is 79.9. The Labute approximate surface area is 121 Å². The van der Waals surface area contributed by atoms with E-state index in [0.29, 0.717) is 27.2 Å². The van der Waals surface area contributed by atoms with Gasteiger partial charge in [-0.3, -0.25) is 4.68 Å². The Kier molecular flexibility index (Phi) is 2.82. The van der Waals surface area contributed by atoms with E-state index in [4.69, 9.17) is 14.6 Å². The van der Waals surface area contributed by atoms with Crippen molar-refractivity contribution in [1.29, 1.82) is 0 Å². The second-order valence-corrected chi connectivity index (χ2v) is 5.01. The highest BCUT2D eigenvalue weighted by Gasteiger charge is 2.27. The first-order valence-corrected chi connectivity index (χ1v) is 6.37. The average molecular weight is 341 g/mol. The number of phenolic OH excluding ortho intramolecular Hbond substituents is 1. The summed E-state index contributed by atoms with van der Waals surface area (Å²) in [6.07, 6.45) is 0. The van der Waals surface area contributed by atoms with Gasteiger partial charge in [0, 0.05) is 13.1 Å². The molecule has 2 aromatic rings. The third-order valence-electron chi connectivity index (χ3n) is 2.94. The molecule has 2 heterocycles. The lowest BCUT2D eigenvalue weighted by Crippen LogP contribution is -1.99. The number of hydrogen-bond acceptors (Lipinski definition) is 5. The zero-order chi connectivity index (χ0) is 14.4. The number of halogens is 1. The van der Waals surface area contributed by atoms with Crippen LogP contribution < -0.4 is 9.47 Å². The van der Waals surface area contributed by atoms with Crippen LogP contribution in [-0.2, 0) is 7.05 Å². The summed E-state index contributed by atoms with van der Waals surface area (Å²) in [5, 5.41) is 23.1. The molecule has 1 aromatic carbocycles. The Morgan fingerprint density at radius 2 is 2.20 bits per heavy atom. The highest BCUT2D eigenvalue weighted by molar-refractivity contribution is 9.10. The van der Waals surface area contributed by atoms with Gasteiger partial charge in [-0.2, -0.15) is 5.10 Å². The number of ether oxygens (including phenoxy) is 2. The van der Waals surface area contributed by atoms with Gasteiger partial charge < -0.3 is 19.7 Å². The molecule has 0 saturated heterocycles. The van der Waals surface area contributed by atoms with Gasteiger partial charge in [-0.05, 0) is 22.0 Å². The second kappa shape index (κ2) is 4.41. The number of carboxylic acid groups (broad SMARTS) is 1. The minimum Gasteiger partial charge on any atom is -0.506 e. The van der Waals surface area contributed by atoms with E-state index in [-0.39, 0.29) is 18.2 Å². The Morgan fingerprint density at radius 1 is 1.45 bits per heavy atom. The van der Waals surface area contributed by atoms with E-state index < -0.39 is 5.97 Å². The number of carbonyl (C=O) groups is 1. The van der Waals surface area contributed by atoms with Crippen molar-refractivity contribution < 1.29 is 24.5 Å². The quantitative estimate of drug-likeness (QED) is 0.868. The van der Waals surface area contributed by atoms with Crippen LogP contribution >= 0.6 is 15.9 Å². The summed E-state index contributed by atoms with van der Waals surface area (Å²) in [7, 11) is 1.59. The van der Waals surface area contributed by atoms with Crippen molar-refractivity contribution >= 4 is 21.9 Å². The molecule has 8 heteroatoms. The van der Waals surface area contributed by atoms with Crippen LogP contribution in [0.5, 0.6) is 17.2 Å². The first-order valence-electron chi connectivity index (χ1n) is 5.58. The number of fused-ring (bicyclic) bond motifs is 1. The SMILES string of the molecule is Cn1nc(C(=O)O)cc1-c1c(O)c(Br)cc2c1OCO2. The van der Waals surface area contributed by atoms with Crippen LogP contribution in [0.3, 0.4) is 0 Å². The molecule has 0 aliphatic carbocycles. The molecule has 0 spiro atoms. The van der Waals surface area contributed by atoms with Crippen molar-refractivity contribution in [2.24, 2.45) is 7.05 Å². The van der Waals surface area contributed by atoms with Crippen LogP contribution in [0.25, 0.3) is 11.3 Å². The predicted molar refractivity (Wildman–Crippen MR) is 71.1 cm³/mol. The number of nitrogens with zero attached hydrogens (tertiary/aromatic N) is 2. The van der Waals surface area contributed by atoms with Gasteiger partial charge >= 0.3 is 5.97 Å². The molecule has 0 saturated carbocycles. The van der Waals surface area contributed by atoms with E-state index in [1.165, 1.54) is 10.7 Å². The number of phenols is 1. The van der Waals surface area contributed by atoms with Crippen LogP contribution in [0.2, 0.25) is 0 Å². The zero-order valence-corrected chi connectivity index (χ0v) is 11.8. The summed E-state index contributed by atoms with van der Waals surface area (Å²) in [6, 6.07) is 2.96. The van der Waals surface area contributed by atoms with E-state index >= 15 is 0 Å². The van der Waals surface area contributed by atoms with Crippen LogP contribution in [0.15, 0.2) is 16.6 Å². The summed E-state index contributed by atoms with van der Waals surface area (Å²) >= 11 is 3.23. The molecule has 0 amide bonds. The van der Waals surface area contributed by atoms with Gasteiger partial charge in [0.25, 0.3) is 0 Å². The maximum atomic E-state index is 11.0. The maximum absolute atomic E-state index is 11.0. The molecule has 2 N–H and O–H groups in total. The standard InChI is InChI=1S/C12H9BrN2O5/c1-15-7(3-6(14-15)12(17)18)9-10(16)5(13)2-8-11(9)20-4-19-8/h2-3,16H,4H2,1H3,(H,17,18). The number of benzene rings is 1. The van der Waals surface area contributed by atoms with E-state index in [0.717, 1.165) is 0 Å². The van der Waals surface area contributed by atoms with Gasteiger partial charge in [-0.15, -0.1) is 0 Å². The van der Waals surface area contributed by atoms with Gasteiger partial charge in [0.15, 0.2) is 17.2 Å². The first-order chi connectivity index (χ1) is 9.49. The number of hydrogen-bond donors (Lipinski definition) is 2.